The second-order valence-electron chi connectivity index (χ2n) is 6.07. The minimum absolute atomic E-state index is 0.137. The maximum atomic E-state index is 12.9. The summed E-state index contributed by atoms with van der Waals surface area (Å²) in [6.07, 6.45) is 0. The lowest BCUT2D eigenvalue weighted by atomic mass is 10.5. The summed E-state index contributed by atoms with van der Waals surface area (Å²) >= 11 is 18.0. The predicted octanol–water partition coefficient (Wildman–Crippen LogP) is 2.13. The highest BCUT2D eigenvalue weighted by Gasteiger charge is 2.17. The van der Waals surface area contributed by atoms with Gasteiger partial charge in [0.2, 0.25) is 0 Å². The Bertz CT molecular complexity index is 884. The molecule has 12 nitrogen and oxygen atoms in total. The largest absolute Gasteiger partial charge is 0.454 e. The number of hydrogen-bond acceptors (Lipinski definition) is 15. The summed E-state index contributed by atoms with van der Waals surface area (Å²) in [4.78, 5) is 38.8. The summed E-state index contributed by atoms with van der Waals surface area (Å²) in [5, 5.41) is -0.410. The maximum Gasteiger partial charge on any atom is 0.364 e. The van der Waals surface area contributed by atoms with Crippen molar-refractivity contribution < 1.29 is 26.8 Å². The molecule has 36 heavy (non-hydrogen) atoms. The molecular formula is C18H27N3O9S6. The van der Waals surface area contributed by atoms with Crippen LogP contribution in [0.4, 0.5) is 0 Å². The second-order valence-corrected chi connectivity index (χ2v) is 10.0. The Labute approximate surface area is 236 Å². The lowest BCUT2D eigenvalue weighted by Gasteiger charge is -2.15. The van der Waals surface area contributed by atoms with Gasteiger partial charge in [0.1, 0.15) is 19.8 Å². The smallest absolute Gasteiger partial charge is 0.364 e. The Morgan fingerprint density at radius 2 is 0.833 bits per heavy atom. The number of ether oxygens (including phenoxy) is 3. The average molecular weight is 622 g/mol. The van der Waals surface area contributed by atoms with Gasteiger partial charge in [0.25, 0.3) is 0 Å². The minimum atomic E-state index is -0.850. The second kappa shape index (κ2) is 18.7. The summed E-state index contributed by atoms with van der Waals surface area (Å²) in [6, 6.07) is 0. The Hall–Kier alpha value is -1.47. The predicted molar refractivity (Wildman–Crippen MR) is 153 cm³/mol. The van der Waals surface area contributed by atoms with Crippen molar-refractivity contribution >= 4 is 88.5 Å². The van der Waals surface area contributed by atoms with E-state index in [1.165, 1.54) is 0 Å². The fourth-order valence-corrected chi connectivity index (χ4v) is 3.78. The molecule has 0 aromatic carbocycles. The van der Waals surface area contributed by atoms with Crippen LogP contribution in [0, 0.1) is 0 Å². The number of rotatable bonds is 15. The third-order valence-corrected chi connectivity index (χ3v) is 6.16. The van der Waals surface area contributed by atoms with Gasteiger partial charge in [0.05, 0.1) is 55.8 Å². The Morgan fingerprint density at radius 1 is 0.583 bits per heavy atom. The molecule has 0 amide bonds. The SMILES string of the molecule is CCSOC(=S)OCCn1c(=O)n(CCOC(=S)OSCC)c(=O)n(CCOC(=S)OSCC)c1=O. The fraction of sp³-hybridized carbons (Fsp3) is 0.667. The Morgan fingerprint density at radius 3 is 1.06 bits per heavy atom. The van der Waals surface area contributed by atoms with E-state index < -0.39 is 17.1 Å². The molecule has 1 rings (SSSR count). The van der Waals surface area contributed by atoms with Crippen LogP contribution in [0.25, 0.3) is 0 Å². The van der Waals surface area contributed by atoms with Crippen molar-refractivity contribution in [3.8, 4) is 0 Å². The van der Waals surface area contributed by atoms with Crippen molar-refractivity contribution in [2.75, 3.05) is 37.1 Å². The minimum Gasteiger partial charge on any atom is -0.454 e. The third kappa shape index (κ3) is 11.7. The van der Waals surface area contributed by atoms with E-state index in [-0.39, 0.29) is 55.2 Å². The highest BCUT2D eigenvalue weighted by Crippen LogP contribution is 2.05. The molecule has 0 atom stereocenters. The first-order valence-electron chi connectivity index (χ1n) is 10.6. The van der Waals surface area contributed by atoms with Gasteiger partial charge < -0.3 is 26.8 Å². The molecule has 1 aromatic heterocycles. The molecule has 0 unspecified atom stereocenters. The van der Waals surface area contributed by atoms with Crippen LogP contribution in [-0.4, -0.2) is 66.5 Å². The van der Waals surface area contributed by atoms with E-state index in [2.05, 4.69) is 0 Å². The van der Waals surface area contributed by atoms with Crippen LogP contribution in [0.1, 0.15) is 20.8 Å². The van der Waals surface area contributed by atoms with Crippen LogP contribution in [0.15, 0.2) is 14.4 Å². The average Bonchev–Trinajstić information content (AvgIpc) is 2.86. The fourth-order valence-electron chi connectivity index (χ4n) is 2.31. The molecule has 0 saturated heterocycles. The standard InChI is InChI=1S/C18H27N3O9S6/c1-4-34-28-16(31)25-10-7-19-13(22)20(8-11-26-17(32)29-35-5-2)15(24)21(14(19)23)9-12-27-18(33)30-36-6-3/h4-12H2,1-3H3. The zero-order valence-electron chi connectivity index (χ0n) is 19.8. The Kier molecular flexibility index (Phi) is 16.9. The van der Waals surface area contributed by atoms with E-state index in [1.807, 2.05) is 20.8 Å². The van der Waals surface area contributed by atoms with Gasteiger partial charge in [0.15, 0.2) is 0 Å². The van der Waals surface area contributed by atoms with Crippen LogP contribution in [0.2, 0.25) is 0 Å². The van der Waals surface area contributed by atoms with Crippen LogP contribution in [-0.2, 0) is 46.4 Å². The van der Waals surface area contributed by atoms with E-state index in [4.69, 9.17) is 63.4 Å². The quantitative estimate of drug-likeness (QED) is 0.210. The van der Waals surface area contributed by atoms with Gasteiger partial charge in [-0.2, -0.15) is 0 Å². The number of thiocarbonyl (C=S) groups is 3. The van der Waals surface area contributed by atoms with Crippen molar-refractivity contribution in [3.05, 3.63) is 31.5 Å². The van der Waals surface area contributed by atoms with Crippen molar-refractivity contribution in [1.82, 2.24) is 13.7 Å². The first-order chi connectivity index (χ1) is 17.3. The summed E-state index contributed by atoms with van der Waals surface area (Å²) in [6.45, 7) is 4.62. The van der Waals surface area contributed by atoms with E-state index in [0.717, 1.165) is 49.8 Å². The van der Waals surface area contributed by atoms with E-state index >= 15 is 0 Å². The maximum absolute atomic E-state index is 12.9. The van der Waals surface area contributed by atoms with E-state index in [1.54, 1.807) is 0 Å². The van der Waals surface area contributed by atoms with Crippen molar-refractivity contribution in [3.63, 3.8) is 0 Å². The topological polar surface area (TPSA) is 121 Å². The van der Waals surface area contributed by atoms with Gasteiger partial charge in [-0.3, -0.25) is 0 Å². The molecular weight excluding hydrogens is 595 g/mol. The molecule has 0 aliphatic rings. The molecule has 0 saturated carbocycles. The molecule has 0 aliphatic heterocycles. The number of hydrogen-bond donors (Lipinski definition) is 0. The normalized spacial score (nSPS) is 10.4. The molecule has 0 radical (unpaired) electrons. The van der Waals surface area contributed by atoms with Crippen molar-refractivity contribution in [1.29, 1.82) is 0 Å². The lowest BCUT2D eigenvalue weighted by molar-refractivity contribution is 0.218. The van der Waals surface area contributed by atoms with E-state index in [9.17, 15) is 14.4 Å². The summed E-state index contributed by atoms with van der Waals surface area (Å²) < 4.78 is 33.5. The monoisotopic (exact) mass is 621 g/mol. The third-order valence-electron chi connectivity index (χ3n) is 3.72. The molecule has 0 bridgehead atoms. The van der Waals surface area contributed by atoms with Crippen LogP contribution < -0.4 is 17.1 Å². The first-order valence-corrected chi connectivity index (χ1v) is 14.5. The Balaban J connectivity index is 3.07. The lowest BCUT2D eigenvalue weighted by Crippen LogP contribution is -2.55. The number of nitrogens with zero attached hydrogens (tertiary/aromatic N) is 3. The zero-order valence-corrected chi connectivity index (χ0v) is 24.7. The number of aromatic nitrogens is 3. The summed E-state index contributed by atoms with van der Waals surface area (Å²) in [5.74, 6) is 1.96. The van der Waals surface area contributed by atoms with Crippen LogP contribution in [0.3, 0.4) is 0 Å². The summed E-state index contributed by atoms with van der Waals surface area (Å²) in [5.41, 5.74) is -2.55. The first kappa shape index (κ1) is 32.6. The van der Waals surface area contributed by atoms with Gasteiger partial charge in [0, 0.05) is 53.9 Å². The highest BCUT2D eigenvalue weighted by atomic mass is 32.2. The van der Waals surface area contributed by atoms with Gasteiger partial charge in [-0.25, -0.2) is 28.1 Å². The molecule has 1 heterocycles. The molecule has 0 aliphatic carbocycles. The van der Waals surface area contributed by atoms with Gasteiger partial charge in [-0.15, -0.1) is 0 Å². The van der Waals surface area contributed by atoms with Gasteiger partial charge >= 0.3 is 32.8 Å². The molecule has 0 fully saturated rings. The molecule has 1 aromatic rings. The molecule has 0 spiro atoms. The highest BCUT2D eigenvalue weighted by molar-refractivity contribution is 7.96. The van der Waals surface area contributed by atoms with Crippen molar-refractivity contribution in [2.45, 2.75) is 40.4 Å². The molecule has 0 N–H and O–H groups in total. The van der Waals surface area contributed by atoms with Gasteiger partial charge in [-0.05, 0) is 0 Å². The molecule has 18 heteroatoms. The van der Waals surface area contributed by atoms with Crippen molar-refractivity contribution in [2.24, 2.45) is 0 Å². The zero-order chi connectivity index (χ0) is 26.9. The summed E-state index contributed by atoms with van der Waals surface area (Å²) in [7, 11) is 0. The van der Waals surface area contributed by atoms with E-state index in [0.29, 0.717) is 17.3 Å². The molecule has 204 valence electrons. The van der Waals surface area contributed by atoms with Crippen LogP contribution in [0.5, 0.6) is 0 Å². The van der Waals surface area contributed by atoms with Crippen LogP contribution >= 0.6 is 72.8 Å². The van der Waals surface area contributed by atoms with Gasteiger partial charge in [-0.1, -0.05) is 20.8 Å².